The summed E-state index contributed by atoms with van der Waals surface area (Å²) in [5, 5.41) is 7.01. The summed E-state index contributed by atoms with van der Waals surface area (Å²) in [6, 6.07) is 13.9. The van der Waals surface area contributed by atoms with Gasteiger partial charge in [-0.3, -0.25) is 9.48 Å². The Hall–Kier alpha value is -3.00. The third-order valence-corrected chi connectivity index (χ3v) is 5.73. The van der Waals surface area contributed by atoms with Gasteiger partial charge in [-0.2, -0.15) is 18.3 Å². The lowest BCUT2D eigenvalue weighted by molar-refractivity contribution is -0.141. The molecule has 0 bridgehead atoms. The van der Waals surface area contributed by atoms with E-state index in [2.05, 4.69) is 31.2 Å². The summed E-state index contributed by atoms with van der Waals surface area (Å²) in [6.07, 6.45) is -3.25. The Morgan fingerprint density at radius 2 is 1.76 bits per heavy atom. The molecular formula is C25H28ClF3N4O. The summed E-state index contributed by atoms with van der Waals surface area (Å²) in [4.78, 5) is 15.1. The van der Waals surface area contributed by atoms with Crippen LogP contribution in [0.25, 0.3) is 0 Å². The van der Waals surface area contributed by atoms with Crippen molar-refractivity contribution < 1.29 is 18.0 Å². The van der Waals surface area contributed by atoms with Gasteiger partial charge >= 0.3 is 6.18 Å². The summed E-state index contributed by atoms with van der Waals surface area (Å²) in [6.45, 7) is 6.92. The Kier molecular flexibility index (Phi) is 7.60. The smallest absolute Gasteiger partial charge is 0.387 e. The fourth-order valence-corrected chi connectivity index (χ4v) is 3.70. The van der Waals surface area contributed by atoms with E-state index in [1.165, 1.54) is 10.9 Å². The molecule has 0 unspecified atom stereocenters. The number of aromatic nitrogens is 2. The number of benzene rings is 2. The Bertz CT molecular complexity index is 1130. The van der Waals surface area contributed by atoms with Gasteiger partial charge < -0.3 is 10.2 Å². The Morgan fingerprint density at radius 1 is 1.09 bits per heavy atom. The van der Waals surface area contributed by atoms with Gasteiger partial charge in [-0.1, -0.05) is 56.6 Å². The maximum absolute atomic E-state index is 13.5. The fraction of sp³-hybridized carbons (Fsp3) is 0.360. The number of alkyl halides is 3. The van der Waals surface area contributed by atoms with Crippen molar-refractivity contribution >= 4 is 23.2 Å². The molecule has 0 aliphatic heterocycles. The van der Waals surface area contributed by atoms with Gasteiger partial charge in [0.1, 0.15) is 0 Å². The molecule has 0 aliphatic carbocycles. The van der Waals surface area contributed by atoms with Gasteiger partial charge in [0, 0.05) is 37.0 Å². The molecule has 1 aromatic heterocycles. The minimum Gasteiger partial charge on any atom is -0.387 e. The van der Waals surface area contributed by atoms with Crippen LogP contribution in [0.2, 0.25) is 5.02 Å². The van der Waals surface area contributed by atoms with Crippen molar-refractivity contribution in [3.8, 4) is 0 Å². The Balaban J connectivity index is 1.87. The van der Waals surface area contributed by atoms with Crippen LogP contribution in [-0.2, 0) is 24.7 Å². The summed E-state index contributed by atoms with van der Waals surface area (Å²) in [5.74, 6) is -0.282. The van der Waals surface area contributed by atoms with E-state index >= 15 is 0 Å². The van der Waals surface area contributed by atoms with Crippen LogP contribution in [-0.4, -0.2) is 34.2 Å². The molecule has 0 atom stereocenters. The van der Waals surface area contributed by atoms with Crippen LogP contribution in [0, 0.1) is 0 Å². The van der Waals surface area contributed by atoms with Crippen molar-refractivity contribution in [3.63, 3.8) is 0 Å². The van der Waals surface area contributed by atoms with Crippen LogP contribution in [0.3, 0.4) is 0 Å². The zero-order chi connectivity index (χ0) is 25.1. The maximum atomic E-state index is 13.5. The van der Waals surface area contributed by atoms with Crippen LogP contribution >= 0.6 is 11.6 Å². The second kappa shape index (κ2) is 10.1. The van der Waals surface area contributed by atoms with E-state index in [-0.39, 0.29) is 31.0 Å². The molecule has 34 heavy (non-hydrogen) atoms. The number of carbonyl (C=O) groups is 1. The molecule has 0 radical (unpaired) electrons. The van der Waals surface area contributed by atoms with Crippen LogP contribution in [0.4, 0.5) is 18.9 Å². The second-order valence-electron chi connectivity index (χ2n) is 9.08. The van der Waals surface area contributed by atoms with E-state index in [1.54, 1.807) is 30.1 Å². The molecule has 1 heterocycles. The second-order valence-corrected chi connectivity index (χ2v) is 9.51. The van der Waals surface area contributed by atoms with E-state index in [1.807, 2.05) is 24.3 Å². The number of hydrogen-bond acceptors (Lipinski definition) is 3. The molecule has 9 heteroatoms. The minimum absolute atomic E-state index is 0.00714. The fourth-order valence-electron chi connectivity index (χ4n) is 3.53. The van der Waals surface area contributed by atoms with E-state index in [4.69, 9.17) is 11.6 Å². The Morgan fingerprint density at radius 3 is 2.32 bits per heavy atom. The lowest BCUT2D eigenvalue weighted by Crippen LogP contribution is -2.34. The quantitative estimate of drug-likeness (QED) is 0.425. The molecule has 0 fully saturated rings. The van der Waals surface area contributed by atoms with Gasteiger partial charge in [-0.05, 0) is 40.8 Å². The molecule has 3 rings (SSSR count). The average Bonchev–Trinajstić information content (AvgIpc) is 3.25. The largest absolute Gasteiger partial charge is 0.435 e. The monoisotopic (exact) mass is 492 g/mol. The van der Waals surface area contributed by atoms with Crippen LogP contribution in [0.5, 0.6) is 0 Å². The zero-order valence-electron chi connectivity index (χ0n) is 19.6. The molecule has 0 spiro atoms. The van der Waals surface area contributed by atoms with E-state index < -0.39 is 11.9 Å². The molecule has 3 aromatic rings. The van der Waals surface area contributed by atoms with Gasteiger partial charge in [0.25, 0.3) is 5.91 Å². The highest BCUT2D eigenvalue weighted by Crippen LogP contribution is 2.28. The lowest BCUT2D eigenvalue weighted by Gasteiger charge is -2.25. The number of nitrogens with one attached hydrogen (secondary N) is 1. The summed E-state index contributed by atoms with van der Waals surface area (Å²) < 4.78 is 39.9. The highest BCUT2D eigenvalue weighted by molar-refractivity contribution is 6.31. The molecule has 0 saturated heterocycles. The van der Waals surface area contributed by atoms with Gasteiger partial charge in [0.05, 0.1) is 12.1 Å². The summed E-state index contributed by atoms with van der Waals surface area (Å²) in [7, 11) is 1.71. The molecule has 5 nitrogen and oxygen atoms in total. The average molecular weight is 493 g/mol. The maximum Gasteiger partial charge on any atom is 0.435 e. The predicted octanol–water partition coefficient (Wildman–Crippen LogP) is 6.24. The van der Waals surface area contributed by atoms with Gasteiger partial charge in [-0.15, -0.1) is 0 Å². The molecule has 1 N–H and O–H groups in total. The molecule has 2 aromatic carbocycles. The first kappa shape index (κ1) is 25.6. The first-order chi connectivity index (χ1) is 15.9. The number of hydrogen-bond donors (Lipinski definition) is 1. The number of nitrogens with zero attached hydrogens (tertiary/aromatic N) is 3. The number of anilines is 1. The standard InChI is InChI=1S/C25H28ClF3N4O/c1-24(2,3)18-7-5-17(6-8-18)16-32(13-14-33-12-11-22(31-33)25(27,28)29)23(34)20-15-19(26)9-10-21(20)30-4/h5-12,15,30H,13-14,16H2,1-4H3. The van der Waals surface area contributed by atoms with Crippen molar-refractivity contribution in [3.05, 3.63) is 82.1 Å². The topological polar surface area (TPSA) is 50.2 Å². The normalized spacial score (nSPS) is 12.0. The van der Waals surface area contributed by atoms with Crippen LogP contribution in [0.1, 0.15) is 48.0 Å². The zero-order valence-corrected chi connectivity index (χ0v) is 20.3. The first-order valence-electron chi connectivity index (χ1n) is 10.8. The van der Waals surface area contributed by atoms with Crippen LogP contribution < -0.4 is 5.32 Å². The number of rotatable bonds is 7. The summed E-state index contributed by atoms with van der Waals surface area (Å²) >= 11 is 6.14. The molecule has 1 amide bonds. The van der Waals surface area contributed by atoms with Gasteiger partial charge in [0.15, 0.2) is 5.69 Å². The summed E-state index contributed by atoms with van der Waals surface area (Å²) in [5.41, 5.74) is 2.10. The number of halogens is 4. The van der Waals surface area contributed by atoms with E-state index in [0.717, 1.165) is 17.2 Å². The molecular weight excluding hydrogens is 465 g/mol. The first-order valence-corrected chi connectivity index (χ1v) is 11.2. The number of amides is 1. The number of carbonyl (C=O) groups excluding carboxylic acids is 1. The predicted molar refractivity (Wildman–Crippen MR) is 128 cm³/mol. The highest BCUT2D eigenvalue weighted by atomic mass is 35.5. The minimum atomic E-state index is -4.52. The van der Waals surface area contributed by atoms with Gasteiger partial charge in [0.2, 0.25) is 0 Å². The Labute approximate surface area is 202 Å². The molecule has 0 saturated carbocycles. The van der Waals surface area contributed by atoms with Crippen molar-refractivity contribution in [2.75, 3.05) is 18.9 Å². The van der Waals surface area contributed by atoms with E-state index in [9.17, 15) is 18.0 Å². The lowest BCUT2D eigenvalue weighted by atomic mass is 9.87. The van der Waals surface area contributed by atoms with Crippen LogP contribution in [0.15, 0.2) is 54.7 Å². The third kappa shape index (κ3) is 6.32. The van der Waals surface area contributed by atoms with Crippen molar-refractivity contribution in [1.29, 1.82) is 0 Å². The SMILES string of the molecule is CNc1ccc(Cl)cc1C(=O)N(CCn1ccc(C(F)(F)F)n1)Cc1ccc(C(C)(C)C)cc1. The van der Waals surface area contributed by atoms with Crippen molar-refractivity contribution in [2.24, 2.45) is 0 Å². The molecule has 0 aliphatic rings. The van der Waals surface area contributed by atoms with Crippen molar-refractivity contribution in [1.82, 2.24) is 14.7 Å². The highest BCUT2D eigenvalue weighted by Gasteiger charge is 2.33. The third-order valence-electron chi connectivity index (χ3n) is 5.49. The van der Waals surface area contributed by atoms with E-state index in [0.29, 0.717) is 16.3 Å². The molecule has 182 valence electrons. The van der Waals surface area contributed by atoms with Crippen molar-refractivity contribution in [2.45, 2.75) is 45.5 Å². The van der Waals surface area contributed by atoms with Gasteiger partial charge in [-0.25, -0.2) is 0 Å².